The Balaban J connectivity index is 2.43. The van der Waals surface area contributed by atoms with Crippen LogP contribution in [0.1, 0.15) is 19.4 Å². The van der Waals surface area contributed by atoms with E-state index in [1.165, 1.54) is 9.13 Å². The van der Waals surface area contributed by atoms with Crippen LogP contribution in [0.2, 0.25) is 0 Å². The first kappa shape index (κ1) is 12.6. The van der Waals surface area contributed by atoms with Crippen LogP contribution < -0.4 is 0 Å². The molecule has 0 bridgehead atoms. The molecule has 0 spiro atoms. The molecule has 0 aromatic heterocycles. The van der Waals surface area contributed by atoms with Gasteiger partial charge in [0.15, 0.2) is 0 Å². The summed E-state index contributed by atoms with van der Waals surface area (Å²) >= 11 is 2.30. The molecule has 17 heavy (non-hydrogen) atoms. The van der Waals surface area contributed by atoms with Crippen molar-refractivity contribution in [3.05, 3.63) is 57.7 Å². The van der Waals surface area contributed by atoms with Crippen LogP contribution in [0.25, 0.3) is 11.1 Å². The van der Waals surface area contributed by atoms with Gasteiger partial charge in [-0.15, -0.1) is 0 Å². The van der Waals surface area contributed by atoms with E-state index in [2.05, 4.69) is 52.9 Å². The molecule has 0 aliphatic carbocycles. The van der Waals surface area contributed by atoms with E-state index in [1.54, 1.807) is 13.8 Å². The Morgan fingerprint density at radius 3 is 2.18 bits per heavy atom. The molecule has 0 fully saturated rings. The minimum Gasteiger partial charge on any atom is -0.386 e. The first-order chi connectivity index (χ1) is 7.97. The first-order valence-electron chi connectivity index (χ1n) is 5.56. The fraction of sp³-hybridized carbons (Fsp3) is 0.200. The number of rotatable bonds is 2. The Morgan fingerprint density at radius 2 is 1.59 bits per heavy atom. The Kier molecular flexibility index (Phi) is 3.54. The molecule has 0 saturated heterocycles. The van der Waals surface area contributed by atoms with Crippen molar-refractivity contribution in [2.75, 3.05) is 0 Å². The molecule has 1 nitrogen and oxygen atoms in total. The van der Waals surface area contributed by atoms with Crippen molar-refractivity contribution in [1.29, 1.82) is 0 Å². The standard InChI is InChI=1S/C15H15IO/c1-15(2,17)13-5-3-4-12(10-13)11-6-8-14(16)9-7-11/h3-10,17H,1-2H3. The Morgan fingerprint density at radius 1 is 0.941 bits per heavy atom. The SMILES string of the molecule is CC(C)(O)c1cccc(-c2ccc(I)cc2)c1. The first-order valence-corrected chi connectivity index (χ1v) is 6.63. The predicted molar refractivity (Wildman–Crippen MR) is 79.8 cm³/mol. The van der Waals surface area contributed by atoms with Gasteiger partial charge in [0.1, 0.15) is 0 Å². The molecule has 0 aliphatic heterocycles. The maximum absolute atomic E-state index is 10.0. The van der Waals surface area contributed by atoms with Crippen LogP contribution in [0.5, 0.6) is 0 Å². The molecule has 0 amide bonds. The summed E-state index contributed by atoms with van der Waals surface area (Å²) in [6.07, 6.45) is 0. The fourth-order valence-corrected chi connectivity index (χ4v) is 2.08. The van der Waals surface area contributed by atoms with Gasteiger partial charge in [-0.05, 0) is 71.3 Å². The van der Waals surface area contributed by atoms with Gasteiger partial charge >= 0.3 is 0 Å². The molecule has 2 aromatic carbocycles. The molecular formula is C15H15IO. The van der Waals surface area contributed by atoms with E-state index in [0.717, 1.165) is 11.1 Å². The van der Waals surface area contributed by atoms with Gasteiger partial charge in [-0.3, -0.25) is 0 Å². The van der Waals surface area contributed by atoms with E-state index in [9.17, 15) is 5.11 Å². The van der Waals surface area contributed by atoms with Crippen molar-refractivity contribution in [2.45, 2.75) is 19.4 Å². The Labute approximate surface area is 116 Å². The molecule has 0 radical (unpaired) electrons. The minimum absolute atomic E-state index is 0.792. The molecule has 0 heterocycles. The van der Waals surface area contributed by atoms with Gasteiger partial charge in [0.2, 0.25) is 0 Å². The summed E-state index contributed by atoms with van der Waals surface area (Å²) in [7, 11) is 0. The summed E-state index contributed by atoms with van der Waals surface area (Å²) in [5, 5.41) is 10.0. The van der Waals surface area contributed by atoms with Gasteiger partial charge in [0.05, 0.1) is 5.60 Å². The molecule has 0 unspecified atom stereocenters. The molecule has 2 rings (SSSR count). The molecule has 1 N–H and O–H groups in total. The number of halogens is 1. The summed E-state index contributed by atoms with van der Waals surface area (Å²) in [6.45, 7) is 3.61. The number of hydrogen-bond donors (Lipinski definition) is 1. The normalized spacial score (nSPS) is 11.5. The zero-order valence-corrected chi connectivity index (χ0v) is 12.1. The quantitative estimate of drug-likeness (QED) is 0.815. The third-order valence-corrected chi connectivity index (χ3v) is 3.47. The Hall–Kier alpha value is -0.870. The summed E-state index contributed by atoms with van der Waals surface area (Å²) < 4.78 is 1.23. The van der Waals surface area contributed by atoms with Gasteiger partial charge in [0, 0.05) is 3.57 Å². The topological polar surface area (TPSA) is 20.2 Å². The van der Waals surface area contributed by atoms with E-state index < -0.39 is 5.60 Å². The van der Waals surface area contributed by atoms with E-state index in [4.69, 9.17) is 0 Å². The van der Waals surface area contributed by atoms with Crippen LogP contribution in [-0.4, -0.2) is 5.11 Å². The van der Waals surface area contributed by atoms with Crippen molar-refractivity contribution < 1.29 is 5.11 Å². The number of benzene rings is 2. The largest absolute Gasteiger partial charge is 0.386 e. The lowest BCUT2D eigenvalue weighted by Crippen LogP contribution is -2.15. The average Bonchev–Trinajstić information content (AvgIpc) is 2.29. The van der Waals surface area contributed by atoms with Crippen LogP contribution in [-0.2, 0) is 5.60 Å². The van der Waals surface area contributed by atoms with Crippen molar-refractivity contribution in [1.82, 2.24) is 0 Å². The summed E-state index contributed by atoms with van der Waals surface area (Å²) in [4.78, 5) is 0. The number of aliphatic hydroxyl groups is 1. The molecule has 0 atom stereocenters. The van der Waals surface area contributed by atoms with Crippen LogP contribution in [0.3, 0.4) is 0 Å². The van der Waals surface area contributed by atoms with Crippen LogP contribution in [0.15, 0.2) is 48.5 Å². The summed E-state index contributed by atoms with van der Waals surface area (Å²) in [5.41, 5.74) is 2.46. The highest BCUT2D eigenvalue weighted by atomic mass is 127. The second-order valence-electron chi connectivity index (χ2n) is 4.65. The van der Waals surface area contributed by atoms with E-state index in [1.807, 2.05) is 18.2 Å². The highest BCUT2D eigenvalue weighted by molar-refractivity contribution is 14.1. The molecule has 2 heteroatoms. The third-order valence-electron chi connectivity index (χ3n) is 2.75. The third kappa shape index (κ3) is 3.07. The summed E-state index contributed by atoms with van der Waals surface area (Å²) in [5.74, 6) is 0. The molecule has 0 aliphatic rings. The fourth-order valence-electron chi connectivity index (χ4n) is 1.72. The summed E-state index contributed by atoms with van der Waals surface area (Å²) in [6, 6.07) is 16.4. The minimum atomic E-state index is -0.792. The highest BCUT2D eigenvalue weighted by Crippen LogP contribution is 2.26. The lowest BCUT2D eigenvalue weighted by molar-refractivity contribution is 0.0786. The van der Waals surface area contributed by atoms with Crippen molar-refractivity contribution in [2.24, 2.45) is 0 Å². The van der Waals surface area contributed by atoms with Gasteiger partial charge in [0.25, 0.3) is 0 Å². The zero-order valence-electron chi connectivity index (χ0n) is 9.94. The van der Waals surface area contributed by atoms with Gasteiger partial charge in [-0.1, -0.05) is 30.3 Å². The lowest BCUT2D eigenvalue weighted by atomic mass is 9.94. The second kappa shape index (κ2) is 4.78. The van der Waals surface area contributed by atoms with E-state index in [0.29, 0.717) is 0 Å². The Bertz CT molecular complexity index is 509. The van der Waals surface area contributed by atoms with Crippen molar-refractivity contribution in [3.63, 3.8) is 0 Å². The second-order valence-corrected chi connectivity index (χ2v) is 5.89. The molecule has 2 aromatic rings. The maximum Gasteiger partial charge on any atom is 0.0840 e. The monoisotopic (exact) mass is 338 g/mol. The van der Waals surface area contributed by atoms with Crippen LogP contribution in [0.4, 0.5) is 0 Å². The molecule has 88 valence electrons. The van der Waals surface area contributed by atoms with Crippen LogP contribution >= 0.6 is 22.6 Å². The lowest BCUT2D eigenvalue weighted by Gasteiger charge is -2.18. The van der Waals surface area contributed by atoms with Crippen molar-refractivity contribution in [3.8, 4) is 11.1 Å². The number of hydrogen-bond acceptors (Lipinski definition) is 1. The average molecular weight is 338 g/mol. The van der Waals surface area contributed by atoms with E-state index >= 15 is 0 Å². The molecule has 0 saturated carbocycles. The zero-order chi connectivity index (χ0) is 12.5. The highest BCUT2D eigenvalue weighted by Gasteiger charge is 2.15. The smallest absolute Gasteiger partial charge is 0.0840 e. The van der Waals surface area contributed by atoms with Crippen LogP contribution in [0, 0.1) is 3.57 Å². The maximum atomic E-state index is 10.0. The van der Waals surface area contributed by atoms with E-state index in [-0.39, 0.29) is 0 Å². The van der Waals surface area contributed by atoms with Gasteiger partial charge in [-0.25, -0.2) is 0 Å². The van der Waals surface area contributed by atoms with Gasteiger partial charge < -0.3 is 5.11 Å². The predicted octanol–water partition coefficient (Wildman–Crippen LogP) is 4.19. The van der Waals surface area contributed by atoms with Gasteiger partial charge in [-0.2, -0.15) is 0 Å². The molecular weight excluding hydrogens is 323 g/mol. The van der Waals surface area contributed by atoms with Crippen molar-refractivity contribution >= 4 is 22.6 Å².